The summed E-state index contributed by atoms with van der Waals surface area (Å²) in [5.74, 6) is 0.593. The number of benzene rings is 2. The Balaban J connectivity index is 1.39. The van der Waals surface area contributed by atoms with Gasteiger partial charge in [0.1, 0.15) is 15.5 Å². The predicted octanol–water partition coefficient (Wildman–Crippen LogP) is 4.03. The van der Waals surface area contributed by atoms with Gasteiger partial charge in [0.2, 0.25) is 5.27 Å². The number of aromatic nitrogens is 3. The van der Waals surface area contributed by atoms with Gasteiger partial charge in [0.05, 0.1) is 49.6 Å². The number of hydrogen-bond acceptors (Lipinski definition) is 9. The number of methoxy groups -OCH3 is 1. The summed E-state index contributed by atoms with van der Waals surface area (Å²) in [5, 5.41) is 9.52. The molecule has 198 valence electrons. The van der Waals surface area contributed by atoms with Gasteiger partial charge in [0.15, 0.2) is 0 Å². The Bertz CT molecular complexity index is 1640. The van der Waals surface area contributed by atoms with Crippen LogP contribution in [0, 0.1) is 6.92 Å². The number of ether oxygens (including phenoxy) is 2. The molecule has 3 aromatic heterocycles. The summed E-state index contributed by atoms with van der Waals surface area (Å²) in [4.78, 5) is 20.9. The van der Waals surface area contributed by atoms with Gasteiger partial charge in [0, 0.05) is 10.9 Å². The Morgan fingerprint density at radius 1 is 1.10 bits per heavy atom. The molecule has 0 bridgehead atoms. The summed E-state index contributed by atoms with van der Waals surface area (Å²) >= 11 is 1.25. The van der Waals surface area contributed by atoms with Gasteiger partial charge >= 0.3 is 5.88 Å². The third-order valence-electron chi connectivity index (χ3n) is 6.62. The van der Waals surface area contributed by atoms with Crippen LogP contribution in [0.5, 0.6) is 5.75 Å². The molecule has 0 aliphatic carbocycles. The van der Waals surface area contributed by atoms with E-state index in [4.69, 9.17) is 24.7 Å². The molecule has 3 N–H and O–H groups in total. The molecule has 2 aromatic carbocycles. The fraction of sp³-hybridized carbons (Fsp3) is 0.214. The van der Waals surface area contributed by atoms with Crippen LogP contribution in [0.2, 0.25) is 0 Å². The molecule has 10 nitrogen and oxygen atoms in total. The quantitative estimate of drug-likeness (QED) is 0.308. The van der Waals surface area contributed by atoms with Crippen molar-refractivity contribution in [3.8, 4) is 28.1 Å². The lowest BCUT2D eigenvalue weighted by molar-refractivity contribution is -0.759. The van der Waals surface area contributed by atoms with Gasteiger partial charge in [0.25, 0.3) is 12.1 Å². The molecule has 0 spiro atoms. The standard InChI is InChI=1S/C28H26N6O4S/c1-17-3-5-18(6-4-17)21-15-22(19-7-9-20(36-2)10-8-19)30-28-24(21)25(29)26(39-28)27(35)31-23-16-34(32-38-23)33-11-13-37-14-12-33/h3-10,15-16H,11-14H2,1-2H3,(H2-,29,31,32,35)/p+1. The van der Waals surface area contributed by atoms with Gasteiger partial charge in [-0.1, -0.05) is 29.8 Å². The average molecular weight is 544 g/mol. The van der Waals surface area contributed by atoms with Crippen molar-refractivity contribution in [3.63, 3.8) is 0 Å². The van der Waals surface area contributed by atoms with Crippen molar-refractivity contribution >= 4 is 39.0 Å². The molecule has 39 heavy (non-hydrogen) atoms. The highest BCUT2D eigenvalue weighted by Crippen LogP contribution is 2.41. The molecule has 0 unspecified atom stereocenters. The number of pyridine rings is 1. The minimum absolute atomic E-state index is 0.217. The molecular weight excluding hydrogens is 516 g/mol. The first-order valence-electron chi connectivity index (χ1n) is 12.5. The average Bonchev–Trinajstić information content (AvgIpc) is 3.58. The SMILES string of the molecule is COc1ccc(-c2cc(-c3ccc(C)cc3)c3c(N)c(C(=O)Nc4c[n+](N5CCOCC5)no4)sc3n2)cc1. The Morgan fingerprint density at radius 3 is 2.54 bits per heavy atom. The number of aryl methyl sites for hydroxylation is 1. The molecule has 1 amide bonds. The monoisotopic (exact) mass is 543 g/mol. The maximum atomic E-state index is 13.4. The van der Waals surface area contributed by atoms with Crippen molar-refractivity contribution in [1.82, 2.24) is 10.3 Å². The van der Waals surface area contributed by atoms with Gasteiger partial charge < -0.3 is 15.2 Å². The molecule has 4 heterocycles. The van der Waals surface area contributed by atoms with Gasteiger partial charge in [-0.15, -0.1) is 16.3 Å². The van der Waals surface area contributed by atoms with Crippen LogP contribution in [0.25, 0.3) is 32.6 Å². The van der Waals surface area contributed by atoms with Gasteiger partial charge in [-0.05, 0) is 48.4 Å². The van der Waals surface area contributed by atoms with Crippen molar-refractivity contribution in [1.29, 1.82) is 0 Å². The Morgan fingerprint density at radius 2 is 1.82 bits per heavy atom. The number of amides is 1. The third-order valence-corrected chi connectivity index (χ3v) is 7.72. The second kappa shape index (κ2) is 10.4. The summed E-state index contributed by atoms with van der Waals surface area (Å²) in [6, 6.07) is 18.0. The van der Waals surface area contributed by atoms with E-state index in [0.29, 0.717) is 41.7 Å². The zero-order chi connectivity index (χ0) is 26.9. The number of rotatable bonds is 6. The van der Waals surface area contributed by atoms with E-state index in [0.717, 1.165) is 39.1 Å². The molecule has 6 rings (SSSR count). The predicted molar refractivity (Wildman–Crippen MR) is 150 cm³/mol. The van der Waals surface area contributed by atoms with E-state index in [-0.39, 0.29) is 11.8 Å². The molecule has 1 aliphatic rings. The number of carbonyl (C=O) groups is 1. The molecule has 11 heteroatoms. The summed E-state index contributed by atoms with van der Waals surface area (Å²) in [7, 11) is 1.64. The largest absolute Gasteiger partial charge is 0.497 e. The number of morpholine rings is 1. The first-order chi connectivity index (χ1) is 19.0. The molecule has 0 atom stereocenters. The number of nitrogens with zero attached hydrogens (tertiary/aromatic N) is 4. The van der Waals surface area contributed by atoms with Crippen molar-refractivity contribution in [3.05, 3.63) is 71.2 Å². The van der Waals surface area contributed by atoms with Crippen molar-refractivity contribution in [2.45, 2.75) is 6.92 Å². The number of nitrogens with one attached hydrogen (secondary N) is 1. The van der Waals surface area contributed by atoms with Crippen molar-refractivity contribution in [2.24, 2.45) is 0 Å². The second-order valence-corrected chi connectivity index (χ2v) is 10.2. The maximum absolute atomic E-state index is 13.4. The van der Waals surface area contributed by atoms with E-state index < -0.39 is 0 Å². The fourth-order valence-electron chi connectivity index (χ4n) is 4.51. The van der Waals surface area contributed by atoms with Crippen molar-refractivity contribution < 1.29 is 23.6 Å². The first-order valence-corrected chi connectivity index (χ1v) is 13.3. The third kappa shape index (κ3) is 4.89. The summed E-state index contributed by atoms with van der Waals surface area (Å²) in [6.07, 6.45) is 1.63. The minimum Gasteiger partial charge on any atom is -0.497 e. The first kappa shape index (κ1) is 24.8. The molecule has 0 saturated carbocycles. The highest BCUT2D eigenvalue weighted by atomic mass is 32.1. The topological polar surface area (TPSA) is 120 Å². The van der Waals surface area contributed by atoms with Gasteiger partial charge in [-0.2, -0.15) is 0 Å². The van der Waals surface area contributed by atoms with E-state index >= 15 is 0 Å². The van der Waals surface area contributed by atoms with Crippen LogP contribution in [0.1, 0.15) is 15.2 Å². The van der Waals surface area contributed by atoms with Crippen LogP contribution in [-0.2, 0) is 4.74 Å². The number of hydrogen-bond donors (Lipinski definition) is 2. The number of anilines is 2. The van der Waals surface area contributed by atoms with Crippen LogP contribution in [0.15, 0.2) is 65.3 Å². The summed E-state index contributed by atoms with van der Waals surface area (Å²) in [5.41, 5.74) is 11.8. The molecular formula is C28H27N6O4S+. The zero-order valence-corrected chi connectivity index (χ0v) is 22.3. The smallest absolute Gasteiger partial charge is 0.306 e. The fourth-order valence-corrected chi connectivity index (χ4v) is 5.53. The van der Waals surface area contributed by atoms with E-state index in [2.05, 4.69) is 34.9 Å². The Hall–Kier alpha value is -4.48. The normalized spacial score (nSPS) is 13.5. The minimum atomic E-state index is -0.387. The number of thiophene rings is 1. The molecule has 1 aliphatic heterocycles. The highest BCUT2D eigenvalue weighted by molar-refractivity contribution is 7.21. The maximum Gasteiger partial charge on any atom is 0.306 e. The van der Waals surface area contributed by atoms with Gasteiger partial charge in [-0.25, -0.2) is 4.98 Å². The number of nitrogen functional groups attached to an aromatic ring is 1. The van der Waals surface area contributed by atoms with Crippen LogP contribution in [0.4, 0.5) is 11.6 Å². The molecule has 1 fully saturated rings. The second-order valence-electron chi connectivity index (χ2n) is 9.18. The Labute approximate surface area is 228 Å². The zero-order valence-electron chi connectivity index (χ0n) is 21.5. The lowest BCUT2D eigenvalue weighted by Crippen LogP contribution is -2.62. The number of nitrogens with two attached hydrogens (primary N) is 1. The molecule has 1 saturated heterocycles. The van der Waals surface area contributed by atoms with E-state index in [9.17, 15) is 4.79 Å². The van der Waals surface area contributed by atoms with E-state index in [1.54, 1.807) is 18.1 Å². The number of fused-ring (bicyclic) bond motifs is 1. The molecule has 5 aromatic rings. The lowest BCUT2D eigenvalue weighted by Gasteiger charge is -2.18. The molecule has 0 radical (unpaired) electrons. The highest BCUT2D eigenvalue weighted by Gasteiger charge is 2.26. The van der Waals surface area contributed by atoms with Crippen molar-refractivity contribution in [2.75, 3.05) is 49.5 Å². The van der Waals surface area contributed by atoms with E-state index in [1.165, 1.54) is 11.3 Å². The Kier molecular flexibility index (Phi) is 6.59. The summed E-state index contributed by atoms with van der Waals surface area (Å²) < 4.78 is 16.0. The van der Waals surface area contributed by atoms with Crippen LogP contribution in [-0.4, -0.2) is 49.6 Å². The van der Waals surface area contributed by atoms with Crippen LogP contribution >= 0.6 is 11.3 Å². The van der Waals surface area contributed by atoms with E-state index in [1.807, 2.05) is 42.3 Å². The van der Waals surface area contributed by atoms with Crippen LogP contribution in [0.3, 0.4) is 0 Å². The summed E-state index contributed by atoms with van der Waals surface area (Å²) in [6.45, 7) is 4.61. The number of carbonyl (C=O) groups excluding carboxylic acids is 1. The van der Waals surface area contributed by atoms with Gasteiger partial charge in [-0.3, -0.25) is 14.6 Å². The lowest BCUT2D eigenvalue weighted by atomic mass is 9.98. The van der Waals surface area contributed by atoms with Crippen LogP contribution < -0.4 is 25.6 Å².